The summed E-state index contributed by atoms with van der Waals surface area (Å²) < 4.78 is 63.3. The van der Waals surface area contributed by atoms with Crippen molar-refractivity contribution in [2.75, 3.05) is 25.7 Å². The first-order valence-electron chi connectivity index (χ1n) is 19.7. The third-order valence-corrected chi connectivity index (χ3v) is 12.8. The summed E-state index contributed by atoms with van der Waals surface area (Å²) in [6, 6.07) is 38.7. The minimum atomic E-state index is -3.29. The standard InChI is InChI=1S/C47H52N2O7S2/c1-35-39(33-45(48(35)41-19-11-5-12-20-41)37-23-27-43(28-24-37)57(3,51)52)17-9-7-15-31-55-47(50)56-32-16-8-10-18-40-34-46(38-25-29-44(30-26-38)58(4,53)54)49(36(40)2)42-21-13-6-14-22-42/h5-6,11-14,19-30,33-34H,7-10,15-18,31-32H2,1-4H3. The molecule has 6 aromatic rings. The molecule has 0 fully saturated rings. The lowest BCUT2D eigenvalue weighted by Gasteiger charge is -2.13. The van der Waals surface area contributed by atoms with Gasteiger partial charge in [-0.3, -0.25) is 0 Å². The van der Waals surface area contributed by atoms with E-state index in [0.717, 1.165) is 96.6 Å². The summed E-state index contributed by atoms with van der Waals surface area (Å²) in [7, 11) is -6.57. The van der Waals surface area contributed by atoms with Crippen LogP contribution in [0.1, 0.15) is 61.0 Å². The predicted molar refractivity (Wildman–Crippen MR) is 231 cm³/mol. The number of para-hydroxylation sites is 2. The maximum atomic E-state index is 12.3. The van der Waals surface area contributed by atoms with E-state index in [1.165, 1.54) is 23.6 Å². The van der Waals surface area contributed by atoms with Crippen LogP contribution in [0.5, 0.6) is 0 Å². The zero-order valence-electron chi connectivity index (χ0n) is 33.7. The Balaban J connectivity index is 0.936. The van der Waals surface area contributed by atoms with Crippen LogP contribution in [0, 0.1) is 13.8 Å². The molecule has 0 bridgehead atoms. The Morgan fingerprint density at radius 3 is 1.21 bits per heavy atom. The van der Waals surface area contributed by atoms with Gasteiger partial charge in [-0.1, -0.05) is 60.7 Å². The van der Waals surface area contributed by atoms with E-state index >= 15 is 0 Å². The van der Waals surface area contributed by atoms with Crippen molar-refractivity contribution in [3.63, 3.8) is 0 Å². The largest absolute Gasteiger partial charge is 0.508 e. The molecule has 0 aliphatic carbocycles. The number of hydrogen-bond acceptors (Lipinski definition) is 7. The zero-order chi connectivity index (χ0) is 41.3. The summed E-state index contributed by atoms with van der Waals surface area (Å²) in [6.45, 7) is 4.83. The van der Waals surface area contributed by atoms with Gasteiger partial charge in [-0.15, -0.1) is 0 Å². The third-order valence-electron chi connectivity index (χ3n) is 10.5. The first-order valence-corrected chi connectivity index (χ1v) is 23.5. The Labute approximate surface area is 343 Å². The van der Waals surface area contributed by atoms with Crippen LogP contribution in [-0.4, -0.2) is 57.9 Å². The number of unbranched alkanes of at least 4 members (excludes halogenated alkanes) is 4. The van der Waals surface area contributed by atoms with Crippen molar-refractivity contribution in [1.82, 2.24) is 9.13 Å². The quantitative estimate of drug-likeness (QED) is 0.0627. The molecule has 0 aliphatic rings. The second-order valence-corrected chi connectivity index (χ2v) is 18.8. The van der Waals surface area contributed by atoms with Gasteiger partial charge in [0, 0.05) is 35.3 Å². The molecule has 2 heterocycles. The highest BCUT2D eigenvalue weighted by Crippen LogP contribution is 2.33. The molecule has 6 rings (SSSR count). The first kappa shape index (κ1) is 42.2. The van der Waals surface area contributed by atoms with E-state index in [1.54, 1.807) is 24.3 Å². The van der Waals surface area contributed by atoms with Gasteiger partial charge in [-0.2, -0.15) is 0 Å². The van der Waals surface area contributed by atoms with Crippen LogP contribution in [0.3, 0.4) is 0 Å². The molecule has 58 heavy (non-hydrogen) atoms. The Bertz CT molecular complexity index is 2350. The lowest BCUT2D eigenvalue weighted by molar-refractivity contribution is 0.0529. The topological polar surface area (TPSA) is 114 Å². The molecule has 2 aromatic heterocycles. The maximum Gasteiger partial charge on any atom is 0.508 e. The number of rotatable bonds is 18. The molecule has 0 radical (unpaired) electrons. The summed E-state index contributed by atoms with van der Waals surface area (Å²) in [5.41, 5.74) is 10.7. The monoisotopic (exact) mass is 820 g/mol. The molecule has 0 saturated carbocycles. The van der Waals surface area contributed by atoms with Crippen LogP contribution in [0.4, 0.5) is 4.79 Å². The molecule has 0 saturated heterocycles. The molecule has 4 aromatic carbocycles. The number of carbonyl (C=O) groups is 1. The van der Waals surface area contributed by atoms with Crippen molar-refractivity contribution >= 4 is 25.8 Å². The normalized spacial score (nSPS) is 11.8. The zero-order valence-corrected chi connectivity index (χ0v) is 35.3. The second-order valence-electron chi connectivity index (χ2n) is 14.8. The van der Waals surface area contributed by atoms with Gasteiger partial charge in [0.25, 0.3) is 0 Å². The maximum absolute atomic E-state index is 12.3. The Morgan fingerprint density at radius 2 is 0.862 bits per heavy atom. The highest BCUT2D eigenvalue weighted by atomic mass is 32.2. The fourth-order valence-electron chi connectivity index (χ4n) is 7.35. The lowest BCUT2D eigenvalue weighted by atomic mass is 10.1. The van der Waals surface area contributed by atoms with E-state index in [4.69, 9.17) is 9.47 Å². The van der Waals surface area contributed by atoms with E-state index < -0.39 is 25.8 Å². The lowest BCUT2D eigenvalue weighted by Crippen LogP contribution is -2.09. The van der Waals surface area contributed by atoms with E-state index in [9.17, 15) is 21.6 Å². The summed E-state index contributed by atoms with van der Waals surface area (Å²) in [6.07, 6.45) is 8.62. The van der Waals surface area contributed by atoms with Crippen LogP contribution in [0.25, 0.3) is 33.9 Å². The van der Waals surface area contributed by atoms with Gasteiger partial charge in [0.1, 0.15) is 0 Å². The van der Waals surface area contributed by atoms with Crippen molar-refractivity contribution in [2.24, 2.45) is 0 Å². The number of hydrogen-bond donors (Lipinski definition) is 0. The molecule has 0 atom stereocenters. The molecule has 0 aliphatic heterocycles. The van der Waals surface area contributed by atoms with Crippen molar-refractivity contribution < 1.29 is 31.1 Å². The Hall–Kier alpha value is -5.39. The molecule has 304 valence electrons. The molecule has 0 N–H and O–H groups in total. The number of aromatic nitrogens is 2. The first-order chi connectivity index (χ1) is 27.8. The van der Waals surface area contributed by atoms with E-state index in [0.29, 0.717) is 23.0 Å². The number of benzene rings is 4. The van der Waals surface area contributed by atoms with Gasteiger partial charge < -0.3 is 18.6 Å². The average molecular weight is 821 g/mol. The minimum absolute atomic E-state index is 0.296. The molecule has 9 nitrogen and oxygen atoms in total. The van der Waals surface area contributed by atoms with Crippen LogP contribution in [0.15, 0.2) is 131 Å². The fraction of sp³-hybridized carbons (Fsp3) is 0.298. The molecule has 11 heteroatoms. The second kappa shape index (κ2) is 18.9. The summed E-state index contributed by atoms with van der Waals surface area (Å²) in [5.74, 6) is 0. The average Bonchev–Trinajstić information content (AvgIpc) is 3.72. The molecule has 0 spiro atoms. The minimum Gasteiger partial charge on any atom is -0.434 e. The molecular formula is C47H52N2O7S2. The van der Waals surface area contributed by atoms with Crippen molar-refractivity contribution in [3.8, 4) is 33.9 Å². The van der Waals surface area contributed by atoms with Gasteiger partial charge in [-0.05, 0) is 148 Å². The summed E-state index contributed by atoms with van der Waals surface area (Å²) in [5, 5.41) is 0. The SMILES string of the molecule is Cc1c(CCCCCOC(=O)OCCCCCc2cc(-c3ccc(S(C)(=O)=O)cc3)n(-c3ccccc3)c2C)cc(-c2ccc(S(C)(=O)=O)cc2)n1-c1ccccc1. The smallest absolute Gasteiger partial charge is 0.434 e. The van der Waals surface area contributed by atoms with Crippen molar-refractivity contribution in [2.45, 2.75) is 75.0 Å². The van der Waals surface area contributed by atoms with Gasteiger partial charge in [0.05, 0.1) is 34.4 Å². The van der Waals surface area contributed by atoms with Crippen LogP contribution >= 0.6 is 0 Å². The van der Waals surface area contributed by atoms with E-state index in [2.05, 4.69) is 59.4 Å². The molecule has 0 unspecified atom stereocenters. The fourth-order valence-corrected chi connectivity index (χ4v) is 8.62. The van der Waals surface area contributed by atoms with Gasteiger partial charge >= 0.3 is 6.16 Å². The highest BCUT2D eigenvalue weighted by Gasteiger charge is 2.18. The summed E-state index contributed by atoms with van der Waals surface area (Å²) in [4.78, 5) is 12.9. The number of carbonyl (C=O) groups excluding carboxylic acids is 1. The molecule has 0 amide bonds. The number of ether oxygens (including phenoxy) is 2. The number of aryl methyl sites for hydroxylation is 2. The third kappa shape index (κ3) is 10.6. The van der Waals surface area contributed by atoms with E-state index in [1.807, 2.05) is 60.7 Å². The van der Waals surface area contributed by atoms with Gasteiger partial charge in [0.2, 0.25) is 0 Å². The number of nitrogens with zero attached hydrogens (tertiary/aromatic N) is 2. The van der Waals surface area contributed by atoms with Crippen LogP contribution in [-0.2, 0) is 42.0 Å². The van der Waals surface area contributed by atoms with Crippen LogP contribution in [0.2, 0.25) is 0 Å². The van der Waals surface area contributed by atoms with E-state index in [-0.39, 0.29) is 0 Å². The molecular weight excluding hydrogens is 769 g/mol. The summed E-state index contributed by atoms with van der Waals surface area (Å²) >= 11 is 0. The Kier molecular flexibility index (Phi) is 13.8. The predicted octanol–water partition coefficient (Wildman–Crippen LogP) is 10.3. The van der Waals surface area contributed by atoms with Gasteiger partial charge in [0.15, 0.2) is 19.7 Å². The Morgan fingerprint density at radius 1 is 0.500 bits per heavy atom. The van der Waals surface area contributed by atoms with Crippen LogP contribution < -0.4 is 0 Å². The highest BCUT2D eigenvalue weighted by molar-refractivity contribution is 7.91. The van der Waals surface area contributed by atoms with Crippen molar-refractivity contribution in [3.05, 3.63) is 144 Å². The van der Waals surface area contributed by atoms with Gasteiger partial charge in [-0.25, -0.2) is 21.6 Å². The van der Waals surface area contributed by atoms with Crippen molar-refractivity contribution in [1.29, 1.82) is 0 Å². The number of sulfone groups is 2.